The highest BCUT2D eigenvalue weighted by Gasteiger charge is 2.19. The van der Waals surface area contributed by atoms with Crippen molar-refractivity contribution in [2.75, 3.05) is 32.0 Å². The van der Waals surface area contributed by atoms with E-state index in [0.717, 1.165) is 25.1 Å². The predicted molar refractivity (Wildman–Crippen MR) is 80.0 cm³/mol. The van der Waals surface area contributed by atoms with Crippen LogP contribution in [0.15, 0.2) is 4.42 Å². The second kappa shape index (κ2) is 6.74. The number of nitrogens with zero attached hydrogens (tertiary/aromatic N) is 2. The van der Waals surface area contributed by atoms with Crippen LogP contribution in [0, 0.1) is 25.2 Å². The van der Waals surface area contributed by atoms with Crippen LogP contribution in [0.4, 0.5) is 5.88 Å². The van der Waals surface area contributed by atoms with Gasteiger partial charge in [-0.05, 0) is 40.3 Å². The van der Waals surface area contributed by atoms with Gasteiger partial charge in [-0.2, -0.15) is 5.26 Å². The van der Waals surface area contributed by atoms with Crippen molar-refractivity contribution < 1.29 is 9.21 Å². The van der Waals surface area contributed by atoms with Crippen LogP contribution in [-0.4, -0.2) is 43.5 Å². The molecule has 0 aliphatic carbocycles. The molecule has 1 aromatic rings. The predicted octanol–water partition coefficient (Wildman–Crippen LogP) is 1.39. The molecule has 1 aromatic heterocycles. The molecule has 1 amide bonds. The third kappa shape index (κ3) is 3.84. The van der Waals surface area contributed by atoms with Gasteiger partial charge in [0, 0.05) is 18.2 Å². The fraction of sp³-hybridized carbons (Fsp3) is 0.600. The van der Waals surface area contributed by atoms with E-state index in [1.807, 2.05) is 18.9 Å². The molecule has 6 heteroatoms. The van der Waals surface area contributed by atoms with Gasteiger partial charge >= 0.3 is 0 Å². The number of rotatable bonds is 5. The molecule has 0 aromatic carbocycles. The Balaban J connectivity index is 1.89. The zero-order valence-corrected chi connectivity index (χ0v) is 12.8. The summed E-state index contributed by atoms with van der Waals surface area (Å²) in [6.07, 6.45) is 2.35. The summed E-state index contributed by atoms with van der Waals surface area (Å²) >= 11 is 0. The summed E-state index contributed by atoms with van der Waals surface area (Å²) in [6.45, 7) is 5.77. The first kappa shape index (κ1) is 15.5. The number of amides is 1. The molecule has 0 radical (unpaired) electrons. The Hall–Kier alpha value is -1.84. The lowest BCUT2D eigenvalue weighted by molar-refractivity contribution is -0.117. The van der Waals surface area contributed by atoms with Crippen LogP contribution >= 0.6 is 0 Å². The van der Waals surface area contributed by atoms with E-state index in [0.29, 0.717) is 17.4 Å². The van der Waals surface area contributed by atoms with Crippen LogP contribution in [0.5, 0.6) is 0 Å². The molecule has 2 rings (SSSR count). The molecule has 0 bridgehead atoms. The maximum absolute atomic E-state index is 12.0. The first-order chi connectivity index (χ1) is 10.0. The molecule has 1 aliphatic rings. The minimum atomic E-state index is -0.166. The number of hydrogen-bond donors (Lipinski definition) is 2. The first-order valence-electron chi connectivity index (χ1n) is 7.23. The monoisotopic (exact) mass is 290 g/mol. The summed E-state index contributed by atoms with van der Waals surface area (Å²) in [4.78, 5) is 14.0. The minimum absolute atomic E-state index is 0.166. The third-order valence-electron chi connectivity index (χ3n) is 3.86. The summed E-state index contributed by atoms with van der Waals surface area (Å²) < 4.78 is 5.44. The molecule has 114 valence electrons. The average molecular weight is 290 g/mol. The van der Waals surface area contributed by atoms with Gasteiger partial charge < -0.3 is 9.73 Å². The van der Waals surface area contributed by atoms with E-state index >= 15 is 0 Å². The van der Waals surface area contributed by atoms with E-state index < -0.39 is 0 Å². The summed E-state index contributed by atoms with van der Waals surface area (Å²) in [7, 11) is 1.92. The second-order valence-corrected chi connectivity index (χ2v) is 5.64. The number of likely N-dealkylation sites (N-methyl/N-ethyl adjacent to an activating group) is 1. The highest BCUT2D eigenvalue weighted by molar-refractivity contribution is 5.92. The van der Waals surface area contributed by atoms with Gasteiger partial charge in [-0.3, -0.25) is 15.0 Å². The van der Waals surface area contributed by atoms with Crippen LogP contribution in [-0.2, 0) is 4.79 Å². The molecule has 1 atom stereocenters. The Bertz CT molecular complexity index is 553. The number of carbonyl (C=O) groups is 1. The van der Waals surface area contributed by atoms with E-state index in [2.05, 4.69) is 16.7 Å². The van der Waals surface area contributed by atoms with Gasteiger partial charge in [-0.15, -0.1) is 0 Å². The minimum Gasteiger partial charge on any atom is -0.444 e. The van der Waals surface area contributed by atoms with Crippen molar-refractivity contribution >= 4 is 11.8 Å². The summed E-state index contributed by atoms with van der Waals surface area (Å²) in [5.74, 6) is 0.746. The Labute approximate surface area is 125 Å². The average Bonchev–Trinajstić information content (AvgIpc) is 2.99. The lowest BCUT2D eigenvalue weighted by atomic mass is 10.2. The van der Waals surface area contributed by atoms with Crippen molar-refractivity contribution in [3.05, 3.63) is 16.9 Å². The van der Waals surface area contributed by atoms with Gasteiger partial charge in [-0.25, -0.2) is 0 Å². The first-order valence-corrected chi connectivity index (χ1v) is 7.23. The quantitative estimate of drug-likeness (QED) is 0.856. The van der Waals surface area contributed by atoms with E-state index in [9.17, 15) is 4.79 Å². The number of hydrogen-bond acceptors (Lipinski definition) is 5. The van der Waals surface area contributed by atoms with Crippen molar-refractivity contribution in [1.82, 2.24) is 10.2 Å². The molecule has 2 N–H and O–H groups in total. The van der Waals surface area contributed by atoms with Crippen LogP contribution in [0.2, 0.25) is 0 Å². The van der Waals surface area contributed by atoms with E-state index in [4.69, 9.17) is 9.68 Å². The molecule has 0 saturated carbocycles. The summed E-state index contributed by atoms with van der Waals surface area (Å²) in [5, 5.41) is 15.2. The van der Waals surface area contributed by atoms with E-state index in [1.165, 1.54) is 6.42 Å². The molecular formula is C15H22N4O2. The fourth-order valence-corrected chi connectivity index (χ4v) is 2.61. The molecule has 2 heterocycles. The highest BCUT2D eigenvalue weighted by Crippen LogP contribution is 2.25. The zero-order chi connectivity index (χ0) is 15.4. The lowest BCUT2D eigenvalue weighted by Crippen LogP contribution is -2.39. The van der Waals surface area contributed by atoms with E-state index in [1.54, 1.807) is 6.92 Å². The van der Waals surface area contributed by atoms with Crippen molar-refractivity contribution in [3.8, 4) is 6.07 Å². The van der Waals surface area contributed by atoms with Crippen molar-refractivity contribution in [2.45, 2.75) is 32.7 Å². The lowest BCUT2D eigenvalue weighted by Gasteiger charge is -2.20. The van der Waals surface area contributed by atoms with Crippen LogP contribution < -0.4 is 10.6 Å². The Morgan fingerprint density at radius 2 is 2.33 bits per heavy atom. The zero-order valence-electron chi connectivity index (χ0n) is 12.8. The van der Waals surface area contributed by atoms with Gasteiger partial charge in [0.05, 0.1) is 6.54 Å². The molecule has 21 heavy (non-hydrogen) atoms. The van der Waals surface area contributed by atoms with Crippen molar-refractivity contribution in [3.63, 3.8) is 0 Å². The number of nitrogens with one attached hydrogen (secondary N) is 2. The summed E-state index contributed by atoms with van der Waals surface area (Å²) in [5.41, 5.74) is 1.18. The third-order valence-corrected chi connectivity index (χ3v) is 3.86. The topological polar surface area (TPSA) is 81.3 Å². The Morgan fingerprint density at radius 3 is 2.95 bits per heavy atom. The SMILES string of the molecule is Cc1oc(NC(=O)CN(C)CC2CCCN2)c(C#N)c1C. The van der Waals surface area contributed by atoms with Gasteiger partial charge in [-0.1, -0.05) is 0 Å². The molecule has 1 aliphatic heterocycles. The number of aryl methyl sites for hydroxylation is 1. The number of furan rings is 1. The van der Waals surface area contributed by atoms with Crippen LogP contribution in [0.1, 0.15) is 29.7 Å². The Kier molecular flexibility index (Phi) is 4.99. The van der Waals surface area contributed by atoms with Gasteiger partial charge in [0.15, 0.2) is 0 Å². The van der Waals surface area contributed by atoms with Crippen molar-refractivity contribution in [1.29, 1.82) is 5.26 Å². The molecule has 1 unspecified atom stereocenters. The normalized spacial score (nSPS) is 18.0. The Morgan fingerprint density at radius 1 is 1.57 bits per heavy atom. The number of carbonyl (C=O) groups excluding carboxylic acids is 1. The molecular weight excluding hydrogens is 268 g/mol. The molecule has 0 spiro atoms. The maximum Gasteiger partial charge on any atom is 0.240 e. The molecule has 1 saturated heterocycles. The molecule has 1 fully saturated rings. The maximum atomic E-state index is 12.0. The summed E-state index contributed by atoms with van der Waals surface area (Å²) in [6, 6.07) is 2.53. The number of anilines is 1. The molecule has 6 nitrogen and oxygen atoms in total. The van der Waals surface area contributed by atoms with Crippen LogP contribution in [0.3, 0.4) is 0 Å². The highest BCUT2D eigenvalue weighted by atomic mass is 16.4. The second-order valence-electron chi connectivity index (χ2n) is 5.64. The van der Waals surface area contributed by atoms with Gasteiger partial charge in [0.25, 0.3) is 0 Å². The van der Waals surface area contributed by atoms with Gasteiger partial charge in [0.1, 0.15) is 17.4 Å². The van der Waals surface area contributed by atoms with Gasteiger partial charge in [0.2, 0.25) is 11.8 Å². The number of nitriles is 1. The van der Waals surface area contributed by atoms with E-state index in [-0.39, 0.29) is 18.3 Å². The van der Waals surface area contributed by atoms with Crippen LogP contribution in [0.25, 0.3) is 0 Å². The standard InChI is InChI=1S/C15H22N4O2/c1-10-11(2)21-15(13(10)7-16)18-14(20)9-19(3)8-12-5-4-6-17-12/h12,17H,4-6,8-9H2,1-3H3,(H,18,20). The smallest absolute Gasteiger partial charge is 0.240 e. The van der Waals surface area contributed by atoms with Crippen molar-refractivity contribution in [2.24, 2.45) is 0 Å². The largest absolute Gasteiger partial charge is 0.444 e. The fourth-order valence-electron chi connectivity index (χ4n) is 2.61.